The summed E-state index contributed by atoms with van der Waals surface area (Å²) in [7, 11) is 1.68. The molecule has 0 aliphatic heterocycles. The van der Waals surface area contributed by atoms with Gasteiger partial charge in [0.25, 0.3) is 0 Å². The van der Waals surface area contributed by atoms with E-state index in [4.69, 9.17) is 4.52 Å². The second kappa shape index (κ2) is 7.45. The fourth-order valence-corrected chi connectivity index (χ4v) is 2.44. The van der Waals surface area contributed by atoms with E-state index in [2.05, 4.69) is 15.1 Å². The second-order valence-corrected chi connectivity index (χ2v) is 5.60. The maximum Gasteiger partial charge on any atom is 0.241 e. The van der Waals surface area contributed by atoms with Gasteiger partial charge in [-0.3, -0.25) is 9.88 Å². The highest BCUT2D eigenvalue weighted by Gasteiger charge is 2.20. The van der Waals surface area contributed by atoms with Gasteiger partial charge in [0.05, 0.1) is 18.2 Å². The average Bonchev–Trinajstić information content (AvgIpc) is 3.03. The molecule has 0 fully saturated rings. The Morgan fingerprint density at radius 1 is 1.20 bits per heavy atom. The molecule has 1 aromatic carbocycles. The molecule has 1 N–H and O–H groups in total. The molecule has 0 radical (unpaired) electrons. The third-order valence-corrected chi connectivity index (χ3v) is 3.61. The molecule has 0 amide bonds. The normalized spacial score (nSPS) is 12.5. The maximum atomic E-state index is 13.7. The van der Waals surface area contributed by atoms with Gasteiger partial charge in [-0.15, -0.1) is 0 Å². The predicted octanol–water partition coefficient (Wildman–Crippen LogP) is 2.58. The van der Waals surface area contributed by atoms with Crippen molar-refractivity contribution in [3.8, 4) is 11.4 Å². The second-order valence-electron chi connectivity index (χ2n) is 5.60. The van der Waals surface area contributed by atoms with Crippen LogP contribution in [0, 0.1) is 11.6 Å². The molecule has 0 saturated heterocycles. The number of aliphatic hydroxyl groups excluding tert-OH is 1. The van der Waals surface area contributed by atoms with Crippen molar-refractivity contribution in [3.05, 3.63) is 65.8 Å². The highest BCUT2D eigenvalue weighted by atomic mass is 19.1. The molecule has 25 heavy (non-hydrogen) atoms. The number of likely N-dealkylation sites (N-methyl/N-ethyl adjacent to an activating group) is 1. The van der Waals surface area contributed by atoms with Crippen LogP contribution in [0.15, 0.2) is 47.2 Å². The molecule has 0 bridgehead atoms. The SMILES string of the molecule is CN(Cc1nc(-c2cccnc2)no1)CC(O)c1c(F)cccc1F. The van der Waals surface area contributed by atoms with E-state index in [0.717, 1.165) is 12.1 Å². The first kappa shape index (κ1) is 17.1. The summed E-state index contributed by atoms with van der Waals surface area (Å²) in [6.45, 7) is 0.225. The minimum absolute atomic E-state index is 0.00244. The monoisotopic (exact) mass is 346 g/mol. The minimum Gasteiger partial charge on any atom is -0.387 e. The van der Waals surface area contributed by atoms with Crippen LogP contribution in [0.2, 0.25) is 0 Å². The molecule has 0 aliphatic carbocycles. The summed E-state index contributed by atoms with van der Waals surface area (Å²) in [4.78, 5) is 9.87. The zero-order valence-electron chi connectivity index (χ0n) is 13.4. The van der Waals surface area contributed by atoms with Crippen molar-refractivity contribution in [1.82, 2.24) is 20.0 Å². The zero-order valence-corrected chi connectivity index (χ0v) is 13.4. The summed E-state index contributed by atoms with van der Waals surface area (Å²) in [5.74, 6) is -0.838. The minimum atomic E-state index is -1.31. The largest absolute Gasteiger partial charge is 0.387 e. The molecule has 6 nitrogen and oxygen atoms in total. The topological polar surface area (TPSA) is 75.3 Å². The van der Waals surface area contributed by atoms with E-state index < -0.39 is 17.7 Å². The molecule has 1 unspecified atom stereocenters. The Labute approximate surface area is 142 Å². The predicted molar refractivity (Wildman–Crippen MR) is 85.2 cm³/mol. The molecule has 0 saturated carbocycles. The summed E-state index contributed by atoms with van der Waals surface area (Å²) in [6.07, 6.45) is 1.94. The first-order chi connectivity index (χ1) is 12.0. The average molecular weight is 346 g/mol. The van der Waals surface area contributed by atoms with Crippen LogP contribution in [-0.4, -0.2) is 38.7 Å². The van der Waals surface area contributed by atoms with Gasteiger partial charge in [0.1, 0.15) is 11.6 Å². The Morgan fingerprint density at radius 3 is 2.64 bits per heavy atom. The van der Waals surface area contributed by atoms with Crippen molar-refractivity contribution >= 4 is 0 Å². The summed E-state index contributed by atoms with van der Waals surface area (Å²) >= 11 is 0. The molecule has 8 heteroatoms. The van der Waals surface area contributed by atoms with Gasteiger partial charge in [-0.2, -0.15) is 4.98 Å². The Kier molecular flexibility index (Phi) is 5.11. The first-order valence-electron chi connectivity index (χ1n) is 7.58. The number of aliphatic hydroxyl groups is 1. The van der Waals surface area contributed by atoms with Crippen LogP contribution in [0.1, 0.15) is 17.6 Å². The van der Waals surface area contributed by atoms with E-state index in [1.165, 1.54) is 6.07 Å². The number of pyridine rings is 1. The maximum absolute atomic E-state index is 13.7. The van der Waals surface area contributed by atoms with Gasteiger partial charge >= 0.3 is 0 Å². The van der Waals surface area contributed by atoms with E-state index in [-0.39, 0.29) is 18.7 Å². The van der Waals surface area contributed by atoms with Crippen LogP contribution in [0.3, 0.4) is 0 Å². The summed E-state index contributed by atoms with van der Waals surface area (Å²) in [6, 6.07) is 7.04. The summed E-state index contributed by atoms with van der Waals surface area (Å²) in [5, 5.41) is 14.0. The Bertz CT molecular complexity index is 821. The van der Waals surface area contributed by atoms with Crippen molar-refractivity contribution in [1.29, 1.82) is 0 Å². The third kappa shape index (κ3) is 4.04. The van der Waals surface area contributed by atoms with Crippen LogP contribution >= 0.6 is 0 Å². The van der Waals surface area contributed by atoms with Crippen molar-refractivity contribution in [2.45, 2.75) is 12.6 Å². The number of halogens is 2. The number of nitrogens with zero attached hydrogens (tertiary/aromatic N) is 4. The number of aromatic nitrogens is 3. The van der Waals surface area contributed by atoms with Gasteiger partial charge in [-0.05, 0) is 31.3 Å². The van der Waals surface area contributed by atoms with E-state index in [1.807, 2.05) is 0 Å². The molecular weight excluding hydrogens is 330 g/mol. The lowest BCUT2D eigenvalue weighted by atomic mass is 10.1. The van der Waals surface area contributed by atoms with E-state index in [9.17, 15) is 13.9 Å². The molecule has 3 rings (SSSR count). The lowest BCUT2D eigenvalue weighted by Gasteiger charge is -2.19. The van der Waals surface area contributed by atoms with E-state index >= 15 is 0 Å². The van der Waals surface area contributed by atoms with E-state index in [1.54, 1.807) is 36.5 Å². The fraction of sp³-hybridized carbons (Fsp3) is 0.235. The quantitative estimate of drug-likeness (QED) is 0.739. The number of rotatable bonds is 6. The molecular formula is C17H16F2N4O2. The summed E-state index contributed by atoms with van der Waals surface area (Å²) < 4.78 is 32.6. The molecule has 130 valence electrons. The van der Waals surface area contributed by atoms with Crippen LogP contribution < -0.4 is 0 Å². The van der Waals surface area contributed by atoms with Gasteiger partial charge in [0.15, 0.2) is 0 Å². The van der Waals surface area contributed by atoms with Gasteiger partial charge in [-0.25, -0.2) is 8.78 Å². The van der Waals surface area contributed by atoms with E-state index in [0.29, 0.717) is 17.3 Å². The highest BCUT2D eigenvalue weighted by molar-refractivity contribution is 5.51. The van der Waals surface area contributed by atoms with Crippen LogP contribution in [0.4, 0.5) is 8.78 Å². The molecule has 0 aliphatic rings. The van der Waals surface area contributed by atoms with Crippen LogP contribution in [0.5, 0.6) is 0 Å². The molecule has 2 heterocycles. The smallest absolute Gasteiger partial charge is 0.241 e. The Hall–Kier alpha value is -2.71. The van der Waals surface area contributed by atoms with Gasteiger partial charge < -0.3 is 9.63 Å². The zero-order chi connectivity index (χ0) is 17.8. The van der Waals surface area contributed by atoms with Gasteiger partial charge in [0.2, 0.25) is 11.7 Å². The van der Waals surface area contributed by atoms with Crippen molar-refractivity contribution in [2.24, 2.45) is 0 Å². The van der Waals surface area contributed by atoms with Crippen molar-refractivity contribution in [3.63, 3.8) is 0 Å². The Balaban J connectivity index is 1.65. The molecule has 2 aromatic heterocycles. The molecule has 3 aromatic rings. The molecule has 1 atom stereocenters. The van der Waals surface area contributed by atoms with Crippen LogP contribution in [-0.2, 0) is 6.54 Å². The standard InChI is InChI=1S/C17H16F2N4O2/c1-23(9-14(24)16-12(18)5-2-6-13(16)19)10-15-21-17(22-25-15)11-4-3-7-20-8-11/h2-8,14,24H,9-10H2,1H3. The van der Waals surface area contributed by atoms with Gasteiger partial charge in [0, 0.05) is 24.5 Å². The number of benzene rings is 1. The Morgan fingerprint density at radius 2 is 1.96 bits per heavy atom. The van der Waals surface area contributed by atoms with Crippen LogP contribution in [0.25, 0.3) is 11.4 Å². The highest BCUT2D eigenvalue weighted by Crippen LogP contribution is 2.22. The number of hydrogen-bond acceptors (Lipinski definition) is 6. The molecule has 0 spiro atoms. The van der Waals surface area contributed by atoms with Crippen molar-refractivity contribution in [2.75, 3.05) is 13.6 Å². The third-order valence-electron chi connectivity index (χ3n) is 3.61. The fourth-order valence-electron chi connectivity index (χ4n) is 2.44. The van der Waals surface area contributed by atoms with Gasteiger partial charge in [-0.1, -0.05) is 11.2 Å². The summed E-state index contributed by atoms with van der Waals surface area (Å²) in [5.41, 5.74) is 0.365. The van der Waals surface area contributed by atoms with Crippen molar-refractivity contribution < 1.29 is 18.4 Å². The first-order valence-corrected chi connectivity index (χ1v) is 7.58. The lowest BCUT2D eigenvalue weighted by Crippen LogP contribution is -2.25. The lowest BCUT2D eigenvalue weighted by molar-refractivity contribution is 0.111. The number of hydrogen-bond donors (Lipinski definition) is 1.